The second-order valence-corrected chi connectivity index (χ2v) is 6.00. The van der Waals surface area contributed by atoms with Crippen molar-refractivity contribution in [3.8, 4) is 11.8 Å². The summed E-state index contributed by atoms with van der Waals surface area (Å²) >= 11 is 0. The topological polar surface area (TPSA) is 81.4 Å². The standard InChI is InChI=1S/C12H16N2O3S/c1-10(2)14(9-3-8-13)18(16,17)12-6-4-11(15)5-7-12/h4-7,10,15H,3,9H2,1-2H3. The summed E-state index contributed by atoms with van der Waals surface area (Å²) in [4.78, 5) is 0.118. The monoisotopic (exact) mass is 268 g/mol. The van der Waals surface area contributed by atoms with Crippen molar-refractivity contribution in [3.63, 3.8) is 0 Å². The highest BCUT2D eigenvalue weighted by molar-refractivity contribution is 7.89. The molecule has 0 spiro atoms. The molecule has 0 aliphatic carbocycles. The van der Waals surface area contributed by atoms with Crippen molar-refractivity contribution >= 4 is 10.0 Å². The average molecular weight is 268 g/mol. The van der Waals surface area contributed by atoms with Crippen molar-refractivity contribution in [1.82, 2.24) is 4.31 Å². The van der Waals surface area contributed by atoms with Gasteiger partial charge in [0.2, 0.25) is 10.0 Å². The van der Waals surface area contributed by atoms with E-state index in [1.165, 1.54) is 28.6 Å². The van der Waals surface area contributed by atoms with Crippen LogP contribution in [0.15, 0.2) is 29.2 Å². The van der Waals surface area contributed by atoms with Crippen LogP contribution in [0.4, 0.5) is 0 Å². The molecule has 0 bridgehead atoms. The molecule has 1 N–H and O–H groups in total. The minimum Gasteiger partial charge on any atom is -0.508 e. The summed E-state index contributed by atoms with van der Waals surface area (Å²) in [5.41, 5.74) is 0. The highest BCUT2D eigenvalue weighted by Gasteiger charge is 2.26. The van der Waals surface area contributed by atoms with E-state index < -0.39 is 10.0 Å². The largest absolute Gasteiger partial charge is 0.508 e. The van der Waals surface area contributed by atoms with E-state index in [1.54, 1.807) is 13.8 Å². The zero-order chi connectivity index (χ0) is 13.8. The molecule has 0 fully saturated rings. The number of rotatable bonds is 5. The van der Waals surface area contributed by atoms with Gasteiger partial charge in [-0.25, -0.2) is 8.42 Å². The van der Waals surface area contributed by atoms with E-state index in [9.17, 15) is 8.42 Å². The van der Waals surface area contributed by atoms with Crippen LogP contribution in [0.5, 0.6) is 5.75 Å². The molecule has 0 radical (unpaired) electrons. The lowest BCUT2D eigenvalue weighted by Gasteiger charge is -2.24. The molecule has 5 nitrogen and oxygen atoms in total. The summed E-state index contributed by atoms with van der Waals surface area (Å²) in [6.07, 6.45) is 0.148. The van der Waals surface area contributed by atoms with E-state index in [0.717, 1.165) is 0 Å². The highest BCUT2D eigenvalue weighted by Crippen LogP contribution is 2.20. The fraction of sp³-hybridized carbons (Fsp3) is 0.417. The summed E-state index contributed by atoms with van der Waals surface area (Å²) in [6, 6.07) is 7.08. The Morgan fingerprint density at radius 3 is 2.33 bits per heavy atom. The molecule has 0 aromatic heterocycles. The third-order valence-electron chi connectivity index (χ3n) is 2.46. The lowest BCUT2D eigenvalue weighted by atomic mass is 10.3. The predicted molar refractivity (Wildman–Crippen MR) is 67.4 cm³/mol. The van der Waals surface area contributed by atoms with Crippen molar-refractivity contribution in [3.05, 3.63) is 24.3 Å². The third-order valence-corrected chi connectivity index (χ3v) is 4.55. The lowest BCUT2D eigenvalue weighted by molar-refractivity contribution is 0.360. The van der Waals surface area contributed by atoms with Crippen LogP contribution in [0, 0.1) is 11.3 Å². The fourth-order valence-corrected chi connectivity index (χ4v) is 3.21. The number of phenols is 1. The smallest absolute Gasteiger partial charge is 0.243 e. The Morgan fingerprint density at radius 2 is 1.89 bits per heavy atom. The van der Waals surface area contributed by atoms with Gasteiger partial charge in [-0.1, -0.05) is 0 Å². The lowest BCUT2D eigenvalue weighted by Crippen LogP contribution is -2.37. The molecule has 0 saturated heterocycles. The zero-order valence-corrected chi connectivity index (χ0v) is 11.2. The van der Waals surface area contributed by atoms with Gasteiger partial charge in [0, 0.05) is 19.0 Å². The van der Waals surface area contributed by atoms with Crippen molar-refractivity contribution in [1.29, 1.82) is 5.26 Å². The quantitative estimate of drug-likeness (QED) is 0.881. The van der Waals surface area contributed by atoms with Gasteiger partial charge in [0.05, 0.1) is 11.0 Å². The molecule has 1 aromatic carbocycles. The van der Waals surface area contributed by atoms with Crippen molar-refractivity contribution in [2.45, 2.75) is 31.2 Å². The van der Waals surface area contributed by atoms with Gasteiger partial charge in [-0.15, -0.1) is 0 Å². The second kappa shape index (κ2) is 5.85. The van der Waals surface area contributed by atoms with Crippen LogP contribution in [0.2, 0.25) is 0 Å². The predicted octanol–water partition coefficient (Wildman–Crippen LogP) is 1.70. The molecule has 18 heavy (non-hydrogen) atoms. The number of sulfonamides is 1. The molecule has 0 amide bonds. The van der Waals surface area contributed by atoms with Crippen LogP contribution in [0.1, 0.15) is 20.3 Å². The molecule has 0 aliphatic rings. The van der Waals surface area contributed by atoms with E-state index >= 15 is 0 Å². The van der Waals surface area contributed by atoms with E-state index in [1.807, 2.05) is 6.07 Å². The number of hydrogen-bond donors (Lipinski definition) is 1. The maximum absolute atomic E-state index is 12.3. The Balaban J connectivity index is 3.09. The zero-order valence-electron chi connectivity index (χ0n) is 10.4. The number of benzene rings is 1. The van der Waals surface area contributed by atoms with Crippen molar-refractivity contribution in [2.24, 2.45) is 0 Å². The average Bonchev–Trinajstić information content (AvgIpc) is 2.29. The molecule has 0 saturated carbocycles. The van der Waals surface area contributed by atoms with Crippen molar-refractivity contribution < 1.29 is 13.5 Å². The Morgan fingerprint density at radius 1 is 1.33 bits per heavy atom. The van der Waals surface area contributed by atoms with Gasteiger partial charge < -0.3 is 5.11 Å². The van der Waals surface area contributed by atoms with Crippen LogP contribution in [-0.2, 0) is 10.0 Å². The number of nitrogens with zero attached hydrogens (tertiary/aromatic N) is 2. The van der Waals surface area contributed by atoms with Crippen LogP contribution in [0.25, 0.3) is 0 Å². The van der Waals surface area contributed by atoms with Gasteiger partial charge in [0.25, 0.3) is 0 Å². The van der Waals surface area contributed by atoms with E-state index in [4.69, 9.17) is 10.4 Å². The molecule has 98 valence electrons. The Hall–Kier alpha value is -1.58. The van der Waals surface area contributed by atoms with Crippen LogP contribution >= 0.6 is 0 Å². The summed E-state index contributed by atoms with van der Waals surface area (Å²) in [5.74, 6) is 0.0158. The minimum atomic E-state index is -3.62. The molecule has 0 aliphatic heterocycles. The maximum atomic E-state index is 12.3. The first-order chi connectivity index (χ1) is 8.39. The van der Waals surface area contributed by atoms with E-state index in [-0.39, 0.29) is 29.7 Å². The van der Waals surface area contributed by atoms with Crippen LogP contribution < -0.4 is 0 Å². The van der Waals surface area contributed by atoms with Crippen LogP contribution in [-0.4, -0.2) is 30.4 Å². The van der Waals surface area contributed by atoms with Gasteiger partial charge in [0.15, 0.2) is 0 Å². The molecular weight excluding hydrogens is 252 g/mol. The molecule has 0 heterocycles. The Labute approximate surface area is 107 Å². The van der Waals surface area contributed by atoms with Gasteiger partial charge >= 0.3 is 0 Å². The van der Waals surface area contributed by atoms with Gasteiger partial charge in [-0.3, -0.25) is 0 Å². The maximum Gasteiger partial charge on any atom is 0.243 e. The summed E-state index contributed by atoms with van der Waals surface area (Å²) in [5, 5.41) is 17.7. The van der Waals surface area contributed by atoms with E-state index in [2.05, 4.69) is 0 Å². The normalized spacial score (nSPS) is 11.7. The molecule has 0 unspecified atom stereocenters. The molecular formula is C12H16N2O3S. The first-order valence-electron chi connectivity index (χ1n) is 5.57. The van der Waals surface area contributed by atoms with Gasteiger partial charge in [-0.2, -0.15) is 9.57 Å². The van der Waals surface area contributed by atoms with Crippen LogP contribution in [0.3, 0.4) is 0 Å². The first-order valence-corrected chi connectivity index (χ1v) is 7.01. The summed E-state index contributed by atoms with van der Waals surface area (Å²) < 4.78 is 25.9. The Kier molecular flexibility index (Phi) is 4.70. The van der Waals surface area contributed by atoms with Gasteiger partial charge in [0.1, 0.15) is 5.75 Å². The molecule has 6 heteroatoms. The molecule has 0 atom stereocenters. The number of aromatic hydroxyl groups is 1. The second-order valence-electron chi connectivity index (χ2n) is 4.11. The minimum absolute atomic E-state index is 0.0158. The first kappa shape index (κ1) is 14.5. The Bertz CT molecular complexity index is 529. The number of hydrogen-bond acceptors (Lipinski definition) is 4. The van der Waals surface area contributed by atoms with E-state index in [0.29, 0.717) is 0 Å². The molecule has 1 aromatic rings. The fourth-order valence-electron chi connectivity index (χ4n) is 1.57. The molecule has 1 rings (SSSR count). The van der Waals surface area contributed by atoms with Gasteiger partial charge in [-0.05, 0) is 38.1 Å². The SMILES string of the molecule is CC(C)N(CCC#N)S(=O)(=O)c1ccc(O)cc1. The highest BCUT2D eigenvalue weighted by atomic mass is 32.2. The number of phenolic OH excluding ortho intramolecular Hbond substituents is 1. The number of nitriles is 1. The summed E-state index contributed by atoms with van der Waals surface area (Å²) in [6.45, 7) is 3.68. The van der Waals surface area contributed by atoms with Crippen molar-refractivity contribution in [2.75, 3.05) is 6.54 Å². The summed E-state index contributed by atoms with van der Waals surface area (Å²) in [7, 11) is -3.62. The third kappa shape index (κ3) is 3.22.